The minimum Gasteiger partial charge on any atom is -0.294 e. The van der Waals surface area contributed by atoms with Crippen LogP contribution >= 0.6 is 11.8 Å². The third-order valence-electron chi connectivity index (χ3n) is 2.33. The van der Waals surface area contributed by atoms with Crippen molar-refractivity contribution < 1.29 is 4.79 Å². The fraction of sp³-hybridized carbons (Fsp3) is 0.462. The maximum absolute atomic E-state index is 12.0. The van der Waals surface area contributed by atoms with Crippen molar-refractivity contribution >= 4 is 17.5 Å². The number of hydrogen-bond donors (Lipinski definition) is 0. The Balaban J connectivity index is 2.89. The summed E-state index contributed by atoms with van der Waals surface area (Å²) in [6.45, 7) is 3.95. The van der Waals surface area contributed by atoms with Gasteiger partial charge in [0.05, 0.1) is 11.8 Å². The summed E-state index contributed by atoms with van der Waals surface area (Å²) in [6, 6.07) is 5.72. The minimum absolute atomic E-state index is 0.125. The van der Waals surface area contributed by atoms with Crippen molar-refractivity contribution in [2.75, 3.05) is 5.75 Å². The van der Waals surface area contributed by atoms with E-state index in [0.29, 0.717) is 22.8 Å². The lowest BCUT2D eigenvalue weighted by molar-refractivity contribution is 0.0976. The van der Waals surface area contributed by atoms with Crippen LogP contribution in [0.2, 0.25) is 0 Å². The van der Waals surface area contributed by atoms with Crippen LogP contribution in [0.15, 0.2) is 17.2 Å². The molecular weight excluding hydrogens is 232 g/mol. The zero-order chi connectivity index (χ0) is 12.7. The van der Waals surface area contributed by atoms with Crippen molar-refractivity contribution in [1.29, 1.82) is 5.26 Å². The van der Waals surface area contributed by atoms with Crippen LogP contribution in [0.25, 0.3) is 0 Å². The molecule has 90 valence electrons. The molecule has 0 aliphatic heterocycles. The van der Waals surface area contributed by atoms with Crippen LogP contribution in [0, 0.1) is 18.3 Å². The average molecular weight is 248 g/mol. The predicted molar refractivity (Wildman–Crippen MR) is 69.2 cm³/mol. The zero-order valence-electron chi connectivity index (χ0n) is 10.2. The van der Waals surface area contributed by atoms with E-state index >= 15 is 0 Å². The van der Waals surface area contributed by atoms with E-state index in [0.717, 1.165) is 18.5 Å². The van der Waals surface area contributed by atoms with E-state index in [1.54, 1.807) is 0 Å². The molecule has 17 heavy (non-hydrogen) atoms. The Bertz CT molecular complexity index is 438. The maximum Gasteiger partial charge on any atom is 0.165 e. The normalized spacial score (nSPS) is 9.94. The molecule has 0 aliphatic rings. The molecule has 0 fully saturated rings. The molecule has 0 saturated heterocycles. The summed E-state index contributed by atoms with van der Waals surface area (Å²) in [6.07, 6.45) is 2.46. The van der Waals surface area contributed by atoms with Gasteiger partial charge in [0.15, 0.2) is 5.78 Å². The average Bonchev–Trinajstić information content (AvgIpc) is 2.33. The van der Waals surface area contributed by atoms with E-state index in [-0.39, 0.29) is 5.78 Å². The molecular formula is C13H16N2OS. The highest BCUT2D eigenvalue weighted by atomic mass is 32.2. The minimum atomic E-state index is 0.125. The molecule has 3 nitrogen and oxygen atoms in total. The van der Waals surface area contributed by atoms with Crippen molar-refractivity contribution in [3.63, 3.8) is 0 Å². The number of ketones is 1. The molecule has 1 aromatic rings. The van der Waals surface area contributed by atoms with E-state index in [2.05, 4.69) is 18.0 Å². The van der Waals surface area contributed by atoms with Crippen LogP contribution in [0.5, 0.6) is 0 Å². The Labute approximate surface area is 106 Å². The van der Waals surface area contributed by atoms with Gasteiger partial charge >= 0.3 is 0 Å². The summed E-state index contributed by atoms with van der Waals surface area (Å²) in [5, 5.41) is 9.27. The smallest absolute Gasteiger partial charge is 0.165 e. The number of pyridine rings is 1. The topological polar surface area (TPSA) is 53.8 Å². The van der Waals surface area contributed by atoms with Crippen LogP contribution in [0.1, 0.15) is 42.2 Å². The van der Waals surface area contributed by atoms with Gasteiger partial charge in [-0.3, -0.25) is 4.79 Å². The Morgan fingerprint density at radius 2 is 2.29 bits per heavy atom. The lowest BCUT2D eigenvalue weighted by Gasteiger charge is -2.06. The van der Waals surface area contributed by atoms with Crippen molar-refractivity contribution in [1.82, 2.24) is 4.98 Å². The summed E-state index contributed by atoms with van der Waals surface area (Å²) in [5.41, 5.74) is 1.53. The second-order valence-electron chi connectivity index (χ2n) is 3.78. The van der Waals surface area contributed by atoms with Gasteiger partial charge < -0.3 is 0 Å². The summed E-state index contributed by atoms with van der Waals surface area (Å²) >= 11 is 1.33. The fourth-order valence-corrected chi connectivity index (χ4v) is 2.17. The van der Waals surface area contributed by atoms with E-state index in [1.807, 2.05) is 19.1 Å². The summed E-state index contributed by atoms with van der Waals surface area (Å²) < 4.78 is 0. The molecule has 0 aromatic carbocycles. The first-order valence-corrected chi connectivity index (χ1v) is 6.68. The number of rotatable bonds is 6. The molecule has 0 unspecified atom stereocenters. The van der Waals surface area contributed by atoms with Gasteiger partial charge in [-0.25, -0.2) is 4.98 Å². The van der Waals surface area contributed by atoms with Crippen LogP contribution in [-0.4, -0.2) is 16.5 Å². The first kappa shape index (κ1) is 13.7. The first-order valence-electron chi connectivity index (χ1n) is 5.69. The number of thioether (sulfide) groups is 1. The lowest BCUT2D eigenvalue weighted by atomic mass is 10.1. The van der Waals surface area contributed by atoms with Crippen LogP contribution in [0.3, 0.4) is 0 Å². The first-order chi connectivity index (χ1) is 8.19. The molecule has 1 aromatic heterocycles. The highest BCUT2D eigenvalue weighted by molar-refractivity contribution is 7.99. The number of hydrogen-bond acceptors (Lipinski definition) is 4. The summed E-state index contributed by atoms with van der Waals surface area (Å²) in [4.78, 5) is 16.3. The quantitative estimate of drug-likeness (QED) is 0.572. The number of nitrogens with zero attached hydrogens (tertiary/aromatic N) is 2. The number of aromatic nitrogens is 1. The highest BCUT2D eigenvalue weighted by Gasteiger charge is 2.12. The Kier molecular flexibility index (Phi) is 5.71. The second kappa shape index (κ2) is 7.08. The third-order valence-corrected chi connectivity index (χ3v) is 3.19. The fourth-order valence-electron chi connectivity index (χ4n) is 1.43. The predicted octanol–water partition coefficient (Wildman–Crippen LogP) is 3.38. The highest BCUT2D eigenvalue weighted by Crippen LogP contribution is 2.22. The molecule has 1 heterocycles. The van der Waals surface area contributed by atoms with Gasteiger partial charge in [-0.2, -0.15) is 5.26 Å². The molecule has 1 rings (SSSR count). The summed E-state index contributed by atoms with van der Waals surface area (Å²) in [7, 11) is 0. The van der Waals surface area contributed by atoms with Gasteiger partial charge in [0, 0.05) is 17.7 Å². The Morgan fingerprint density at radius 3 is 2.94 bits per heavy atom. The molecule has 0 N–H and O–H groups in total. The second-order valence-corrected chi connectivity index (χ2v) is 4.74. The lowest BCUT2D eigenvalue weighted by Crippen LogP contribution is -2.03. The number of aryl methyl sites for hydroxylation is 1. The molecule has 0 amide bonds. The number of unbranched alkanes of at least 4 members (excludes halogenated alkanes) is 1. The van der Waals surface area contributed by atoms with Gasteiger partial charge in [0.25, 0.3) is 0 Å². The SMILES string of the molecule is CCCCC(=O)c1ccc(C)nc1SCC#N. The van der Waals surface area contributed by atoms with Crippen LogP contribution in [-0.2, 0) is 0 Å². The van der Waals surface area contributed by atoms with Gasteiger partial charge in [0.2, 0.25) is 0 Å². The molecule has 0 radical (unpaired) electrons. The van der Waals surface area contributed by atoms with Crippen molar-refractivity contribution in [3.05, 3.63) is 23.4 Å². The van der Waals surface area contributed by atoms with E-state index in [4.69, 9.17) is 5.26 Å². The van der Waals surface area contributed by atoms with Crippen molar-refractivity contribution in [2.45, 2.75) is 38.1 Å². The van der Waals surface area contributed by atoms with E-state index < -0.39 is 0 Å². The number of nitriles is 1. The molecule has 0 bridgehead atoms. The van der Waals surface area contributed by atoms with Crippen molar-refractivity contribution in [3.8, 4) is 6.07 Å². The van der Waals surface area contributed by atoms with Gasteiger partial charge in [-0.05, 0) is 25.5 Å². The third kappa shape index (κ3) is 4.20. The number of Topliss-reactive ketones (excluding diaryl/α,β-unsaturated/α-hetero) is 1. The van der Waals surface area contributed by atoms with Crippen LogP contribution in [0.4, 0.5) is 0 Å². The largest absolute Gasteiger partial charge is 0.294 e. The Morgan fingerprint density at radius 1 is 1.53 bits per heavy atom. The molecule has 0 saturated carbocycles. The molecule has 0 aliphatic carbocycles. The van der Waals surface area contributed by atoms with E-state index in [1.165, 1.54) is 11.8 Å². The van der Waals surface area contributed by atoms with Gasteiger partial charge in [-0.1, -0.05) is 25.1 Å². The molecule has 4 heteroatoms. The van der Waals surface area contributed by atoms with Crippen molar-refractivity contribution in [2.24, 2.45) is 0 Å². The standard InChI is InChI=1S/C13H16N2OS/c1-3-4-5-12(16)11-7-6-10(2)15-13(11)17-9-8-14/h6-7H,3-5,9H2,1-2H3. The monoisotopic (exact) mass is 248 g/mol. The molecule has 0 spiro atoms. The maximum atomic E-state index is 12.0. The number of carbonyl (C=O) groups is 1. The Hall–Kier alpha value is -1.34. The van der Waals surface area contributed by atoms with E-state index in [9.17, 15) is 4.79 Å². The van der Waals surface area contributed by atoms with Gasteiger partial charge in [0.1, 0.15) is 5.03 Å². The zero-order valence-corrected chi connectivity index (χ0v) is 11.0. The van der Waals surface area contributed by atoms with Crippen LogP contribution < -0.4 is 0 Å². The summed E-state index contributed by atoms with van der Waals surface area (Å²) in [5.74, 6) is 0.449. The number of carbonyl (C=O) groups excluding carboxylic acids is 1. The molecule has 0 atom stereocenters. The van der Waals surface area contributed by atoms with Gasteiger partial charge in [-0.15, -0.1) is 0 Å².